The number of methoxy groups -OCH3 is 3. The summed E-state index contributed by atoms with van der Waals surface area (Å²) in [4.78, 5) is 17.3. The van der Waals surface area contributed by atoms with Gasteiger partial charge in [-0.1, -0.05) is 18.2 Å². The summed E-state index contributed by atoms with van der Waals surface area (Å²) in [7, 11) is 4.64. The van der Waals surface area contributed by atoms with Crippen molar-refractivity contribution in [3.05, 3.63) is 48.0 Å². The van der Waals surface area contributed by atoms with Gasteiger partial charge < -0.3 is 24.0 Å². The van der Waals surface area contributed by atoms with E-state index in [0.29, 0.717) is 35.9 Å². The minimum absolute atomic E-state index is 0.0335. The van der Waals surface area contributed by atoms with E-state index in [1.807, 2.05) is 23.1 Å². The summed E-state index contributed by atoms with van der Waals surface area (Å²) in [5, 5.41) is 0. The van der Waals surface area contributed by atoms with E-state index < -0.39 is 0 Å². The Morgan fingerprint density at radius 2 is 1.59 bits per heavy atom. The predicted molar refractivity (Wildman–Crippen MR) is 105 cm³/mol. The van der Waals surface area contributed by atoms with Crippen LogP contribution in [0.4, 0.5) is 5.69 Å². The van der Waals surface area contributed by atoms with Crippen LogP contribution in [-0.2, 0) is 0 Å². The van der Waals surface area contributed by atoms with Gasteiger partial charge in [0.2, 0.25) is 5.75 Å². The average Bonchev–Trinajstić information content (AvgIpc) is 2.72. The second-order valence-corrected chi connectivity index (χ2v) is 6.54. The number of para-hydroxylation sites is 1. The lowest BCUT2D eigenvalue weighted by Crippen LogP contribution is -2.53. The Morgan fingerprint density at radius 3 is 2.11 bits per heavy atom. The molecule has 1 aliphatic heterocycles. The fourth-order valence-corrected chi connectivity index (χ4v) is 3.53. The van der Waals surface area contributed by atoms with Gasteiger partial charge in [-0.25, -0.2) is 0 Å². The van der Waals surface area contributed by atoms with E-state index >= 15 is 0 Å². The Hall–Kier alpha value is -2.89. The van der Waals surface area contributed by atoms with Gasteiger partial charge in [-0.2, -0.15) is 0 Å². The molecule has 1 atom stereocenters. The summed E-state index contributed by atoms with van der Waals surface area (Å²) in [5.41, 5.74) is 1.72. The smallest absolute Gasteiger partial charge is 0.254 e. The molecule has 2 aromatic rings. The van der Waals surface area contributed by atoms with Crippen molar-refractivity contribution in [1.82, 2.24) is 4.90 Å². The molecular formula is C21H26N2O4. The summed E-state index contributed by atoms with van der Waals surface area (Å²) in [6.45, 7) is 4.25. The topological polar surface area (TPSA) is 51.2 Å². The van der Waals surface area contributed by atoms with Gasteiger partial charge in [0.1, 0.15) is 0 Å². The molecule has 144 valence electrons. The quantitative estimate of drug-likeness (QED) is 0.810. The first-order valence-corrected chi connectivity index (χ1v) is 9.00. The van der Waals surface area contributed by atoms with E-state index in [4.69, 9.17) is 14.2 Å². The lowest BCUT2D eigenvalue weighted by Gasteiger charge is -2.41. The number of ether oxygens (including phenoxy) is 3. The molecule has 1 aliphatic rings. The Kier molecular flexibility index (Phi) is 5.74. The lowest BCUT2D eigenvalue weighted by molar-refractivity contribution is 0.0725. The van der Waals surface area contributed by atoms with Gasteiger partial charge in [-0.3, -0.25) is 4.79 Å². The number of rotatable bonds is 5. The van der Waals surface area contributed by atoms with Crippen LogP contribution in [0.15, 0.2) is 42.5 Å². The van der Waals surface area contributed by atoms with Crippen molar-refractivity contribution >= 4 is 11.6 Å². The Bertz CT molecular complexity index is 769. The summed E-state index contributed by atoms with van der Waals surface area (Å²) < 4.78 is 16.1. The van der Waals surface area contributed by atoms with Crippen molar-refractivity contribution in [1.29, 1.82) is 0 Å². The highest BCUT2D eigenvalue weighted by Gasteiger charge is 2.28. The fraction of sp³-hybridized carbons (Fsp3) is 0.381. The molecular weight excluding hydrogens is 344 g/mol. The molecule has 2 aromatic carbocycles. The summed E-state index contributed by atoms with van der Waals surface area (Å²) in [6.07, 6.45) is 0. The third-order valence-corrected chi connectivity index (χ3v) is 4.91. The molecule has 1 saturated heterocycles. The number of carbonyl (C=O) groups is 1. The molecule has 27 heavy (non-hydrogen) atoms. The van der Waals surface area contributed by atoms with Gasteiger partial charge in [-0.05, 0) is 31.2 Å². The number of anilines is 1. The number of hydrogen-bond acceptors (Lipinski definition) is 5. The molecule has 0 saturated carbocycles. The van der Waals surface area contributed by atoms with Crippen LogP contribution in [0.2, 0.25) is 0 Å². The maximum atomic E-state index is 13.1. The second-order valence-electron chi connectivity index (χ2n) is 6.54. The van der Waals surface area contributed by atoms with Gasteiger partial charge in [-0.15, -0.1) is 0 Å². The van der Waals surface area contributed by atoms with Gasteiger partial charge >= 0.3 is 0 Å². The molecule has 1 heterocycles. The first kappa shape index (κ1) is 18.9. The van der Waals surface area contributed by atoms with Crippen LogP contribution >= 0.6 is 0 Å². The summed E-state index contributed by atoms with van der Waals surface area (Å²) in [5.74, 6) is 1.42. The van der Waals surface area contributed by atoms with Crippen LogP contribution in [0.1, 0.15) is 17.3 Å². The normalized spacial score (nSPS) is 16.8. The molecule has 0 spiro atoms. The zero-order chi connectivity index (χ0) is 19.4. The molecule has 0 aliphatic carbocycles. The van der Waals surface area contributed by atoms with E-state index in [-0.39, 0.29) is 11.9 Å². The van der Waals surface area contributed by atoms with Crippen molar-refractivity contribution in [2.75, 3.05) is 45.9 Å². The third-order valence-electron chi connectivity index (χ3n) is 4.91. The predicted octanol–water partition coefficient (Wildman–Crippen LogP) is 3.06. The number of hydrogen-bond donors (Lipinski definition) is 0. The number of carbonyl (C=O) groups excluding carboxylic acids is 1. The fourth-order valence-electron chi connectivity index (χ4n) is 3.53. The van der Waals surface area contributed by atoms with Gasteiger partial charge in [0, 0.05) is 36.9 Å². The zero-order valence-electron chi connectivity index (χ0n) is 16.3. The van der Waals surface area contributed by atoms with Crippen LogP contribution in [0.5, 0.6) is 17.2 Å². The SMILES string of the molecule is COc1cc(C(=O)N2CCN(c3ccccc3)C(C)C2)cc(OC)c1OC. The molecule has 6 heteroatoms. The first-order chi connectivity index (χ1) is 13.1. The molecule has 1 unspecified atom stereocenters. The highest BCUT2D eigenvalue weighted by molar-refractivity contribution is 5.96. The monoisotopic (exact) mass is 370 g/mol. The van der Waals surface area contributed by atoms with E-state index in [0.717, 1.165) is 6.54 Å². The van der Waals surface area contributed by atoms with Gasteiger partial charge in [0.25, 0.3) is 5.91 Å². The van der Waals surface area contributed by atoms with Crippen molar-refractivity contribution in [3.63, 3.8) is 0 Å². The zero-order valence-corrected chi connectivity index (χ0v) is 16.3. The van der Waals surface area contributed by atoms with Crippen molar-refractivity contribution in [2.24, 2.45) is 0 Å². The molecule has 6 nitrogen and oxygen atoms in total. The number of piperazine rings is 1. The third kappa shape index (κ3) is 3.79. The van der Waals surface area contributed by atoms with Crippen LogP contribution in [0.25, 0.3) is 0 Å². The maximum absolute atomic E-state index is 13.1. The molecule has 1 fully saturated rings. The highest BCUT2D eigenvalue weighted by atomic mass is 16.5. The highest BCUT2D eigenvalue weighted by Crippen LogP contribution is 2.38. The first-order valence-electron chi connectivity index (χ1n) is 9.00. The molecule has 3 rings (SSSR count). The Balaban J connectivity index is 1.79. The van der Waals surface area contributed by atoms with E-state index in [9.17, 15) is 4.79 Å². The van der Waals surface area contributed by atoms with Crippen molar-refractivity contribution in [3.8, 4) is 17.2 Å². The molecule has 1 amide bonds. The summed E-state index contributed by atoms with van der Waals surface area (Å²) in [6, 6.07) is 13.9. The maximum Gasteiger partial charge on any atom is 0.254 e. The number of nitrogens with zero attached hydrogens (tertiary/aromatic N) is 2. The Labute approximate surface area is 160 Å². The minimum atomic E-state index is -0.0335. The molecule has 0 N–H and O–H groups in total. The lowest BCUT2D eigenvalue weighted by atomic mass is 10.1. The number of benzene rings is 2. The molecule has 0 aromatic heterocycles. The molecule has 0 radical (unpaired) electrons. The van der Waals surface area contributed by atoms with E-state index in [2.05, 4.69) is 24.0 Å². The van der Waals surface area contributed by atoms with Crippen LogP contribution in [0.3, 0.4) is 0 Å². The van der Waals surface area contributed by atoms with Crippen molar-refractivity contribution in [2.45, 2.75) is 13.0 Å². The van der Waals surface area contributed by atoms with Gasteiger partial charge in [0.05, 0.1) is 21.3 Å². The van der Waals surface area contributed by atoms with E-state index in [1.54, 1.807) is 33.5 Å². The molecule has 0 bridgehead atoms. The van der Waals surface area contributed by atoms with E-state index in [1.165, 1.54) is 5.69 Å². The largest absolute Gasteiger partial charge is 0.493 e. The van der Waals surface area contributed by atoms with Crippen LogP contribution < -0.4 is 19.1 Å². The van der Waals surface area contributed by atoms with Gasteiger partial charge in [0.15, 0.2) is 11.5 Å². The Morgan fingerprint density at radius 1 is 0.963 bits per heavy atom. The average molecular weight is 370 g/mol. The second kappa shape index (κ2) is 8.20. The standard InChI is InChI=1S/C21H26N2O4/c1-15-14-22(10-11-23(15)17-8-6-5-7-9-17)21(24)16-12-18(25-2)20(27-4)19(13-16)26-3/h5-9,12-13,15H,10-11,14H2,1-4H3. The van der Waals surface area contributed by atoms with Crippen molar-refractivity contribution < 1.29 is 19.0 Å². The number of amides is 1. The summed E-state index contributed by atoms with van der Waals surface area (Å²) >= 11 is 0. The van der Waals surface area contributed by atoms with Crippen LogP contribution in [0, 0.1) is 0 Å². The minimum Gasteiger partial charge on any atom is -0.493 e. The van der Waals surface area contributed by atoms with Crippen LogP contribution in [-0.4, -0.2) is 57.8 Å².